The smallest absolute Gasteiger partial charge is 0.303 e. The molecule has 0 fully saturated rings. The van der Waals surface area contributed by atoms with Gasteiger partial charge in [0, 0.05) is 25.8 Å². The molecule has 0 amide bonds. The standard InChI is InChI=1S/C32H33F2N3O4.C2H6/c1-3-26(22-10-12-23(33)13-11-22)29(41-35-2)19-9-21-8-18-27-28(20-21)36-30(6-4-5-7-31(38)39)37(32(27)40)25-16-14-24(34)15-17-25;1-2/h8,10-20,26,35H,3-7,9H2,1-2H3,(H,38,39);1-2H3/b29-19-;. The van der Waals surface area contributed by atoms with Gasteiger partial charge >= 0.3 is 5.97 Å². The van der Waals surface area contributed by atoms with Gasteiger partial charge in [-0.05, 0) is 91.4 Å². The minimum Gasteiger partial charge on any atom is -0.481 e. The van der Waals surface area contributed by atoms with Crippen LogP contribution in [0.25, 0.3) is 16.6 Å². The highest BCUT2D eigenvalue weighted by Crippen LogP contribution is 2.29. The number of carboxylic acids is 1. The summed E-state index contributed by atoms with van der Waals surface area (Å²) in [5.74, 6) is -0.498. The molecule has 0 saturated heterocycles. The Balaban J connectivity index is 0.00000248. The molecule has 0 radical (unpaired) electrons. The number of rotatable bonds is 13. The van der Waals surface area contributed by atoms with Crippen LogP contribution < -0.4 is 11.0 Å². The first-order chi connectivity index (χ1) is 20.8. The first-order valence-corrected chi connectivity index (χ1v) is 14.6. The number of hydroxylamine groups is 1. The number of aliphatic carboxylic acids is 1. The van der Waals surface area contributed by atoms with Gasteiger partial charge in [0.25, 0.3) is 5.56 Å². The maximum absolute atomic E-state index is 13.6. The Morgan fingerprint density at radius 3 is 2.28 bits per heavy atom. The molecule has 4 aromatic rings. The van der Waals surface area contributed by atoms with Crippen molar-refractivity contribution in [1.29, 1.82) is 0 Å². The molecule has 1 aromatic heterocycles. The Kier molecular flexibility index (Phi) is 12.6. The predicted molar refractivity (Wildman–Crippen MR) is 165 cm³/mol. The number of allylic oxidation sites excluding steroid dienone is 2. The maximum Gasteiger partial charge on any atom is 0.303 e. The molecule has 228 valence electrons. The van der Waals surface area contributed by atoms with Gasteiger partial charge in [-0.25, -0.2) is 13.8 Å². The van der Waals surface area contributed by atoms with E-state index in [0.29, 0.717) is 53.9 Å². The van der Waals surface area contributed by atoms with Gasteiger partial charge in [-0.2, -0.15) is 5.48 Å². The summed E-state index contributed by atoms with van der Waals surface area (Å²) < 4.78 is 28.6. The number of hydrogen-bond acceptors (Lipinski definition) is 5. The molecule has 0 spiro atoms. The molecule has 4 rings (SSSR count). The predicted octanol–water partition coefficient (Wildman–Crippen LogP) is 7.26. The third kappa shape index (κ3) is 8.81. The number of carboxylic acid groups (broad SMARTS) is 1. The number of carbonyl (C=O) groups is 1. The lowest BCUT2D eigenvalue weighted by atomic mass is 9.93. The van der Waals surface area contributed by atoms with Crippen LogP contribution in [0.2, 0.25) is 0 Å². The van der Waals surface area contributed by atoms with E-state index < -0.39 is 11.8 Å². The summed E-state index contributed by atoms with van der Waals surface area (Å²) >= 11 is 0. The number of aryl methyl sites for hydroxylation is 1. The fourth-order valence-electron chi connectivity index (χ4n) is 4.88. The van der Waals surface area contributed by atoms with Crippen LogP contribution >= 0.6 is 0 Å². The van der Waals surface area contributed by atoms with E-state index in [0.717, 1.165) is 17.5 Å². The quantitative estimate of drug-likeness (QED) is 0.0966. The van der Waals surface area contributed by atoms with Gasteiger partial charge in [0.2, 0.25) is 0 Å². The molecule has 0 aliphatic rings. The third-order valence-electron chi connectivity index (χ3n) is 6.91. The van der Waals surface area contributed by atoms with Crippen LogP contribution in [0.3, 0.4) is 0 Å². The molecule has 43 heavy (non-hydrogen) atoms. The van der Waals surface area contributed by atoms with Crippen molar-refractivity contribution in [2.45, 2.75) is 65.2 Å². The number of unbranched alkanes of at least 4 members (excludes halogenated alkanes) is 1. The van der Waals surface area contributed by atoms with Crippen LogP contribution in [0.4, 0.5) is 8.78 Å². The van der Waals surface area contributed by atoms with Crippen molar-refractivity contribution < 1.29 is 23.5 Å². The van der Waals surface area contributed by atoms with E-state index >= 15 is 0 Å². The van der Waals surface area contributed by atoms with Crippen LogP contribution in [0.1, 0.15) is 69.3 Å². The highest BCUT2D eigenvalue weighted by atomic mass is 19.1. The Labute approximate surface area is 250 Å². The molecule has 0 bridgehead atoms. The molecule has 7 nitrogen and oxygen atoms in total. The summed E-state index contributed by atoms with van der Waals surface area (Å²) in [6, 6.07) is 17.4. The summed E-state index contributed by atoms with van der Waals surface area (Å²) in [7, 11) is 1.68. The SMILES string of the molecule is CC.CCC(/C(=C/Cc1ccc2c(=O)n(-c3ccc(F)cc3)c(CCCCC(=O)O)nc2c1)ONC)c1ccc(F)cc1. The highest BCUT2D eigenvalue weighted by Gasteiger charge is 2.18. The Morgan fingerprint density at radius 2 is 1.67 bits per heavy atom. The molecule has 0 aliphatic carbocycles. The van der Waals surface area contributed by atoms with Crippen molar-refractivity contribution in [2.24, 2.45) is 0 Å². The number of benzene rings is 3. The number of halogens is 2. The molecular formula is C34H39F2N3O4. The molecule has 2 N–H and O–H groups in total. The summed E-state index contributed by atoms with van der Waals surface area (Å²) in [6.07, 6.45) is 4.59. The minimum atomic E-state index is -0.878. The van der Waals surface area contributed by atoms with Crippen LogP contribution in [-0.4, -0.2) is 27.7 Å². The fraction of sp³-hybridized carbons (Fsp3) is 0.324. The van der Waals surface area contributed by atoms with Crippen LogP contribution in [0, 0.1) is 11.6 Å². The summed E-state index contributed by atoms with van der Waals surface area (Å²) in [5, 5.41) is 9.41. The van der Waals surface area contributed by atoms with Crippen molar-refractivity contribution in [2.75, 3.05) is 7.05 Å². The molecule has 1 unspecified atom stereocenters. The number of aromatic nitrogens is 2. The van der Waals surface area contributed by atoms with Gasteiger partial charge in [0.15, 0.2) is 0 Å². The molecule has 3 aromatic carbocycles. The van der Waals surface area contributed by atoms with Gasteiger partial charge < -0.3 is 9.94 Å². The van der Waals surface area contributed by atoms with E-state index in [1.54, 1.807) is 25.2 Å². The molecule has 9 heteroatoms. The Morgan fingerprint density at radius 1 is 1.02 bits per heavy atom. The minimum absolute atomic E-state index is 0.0263. The first-order valence-electron chi connectivity index (χ1n) is 14.6. The van der Waals surface area contributed by atoms with E-state index in [2.05, 4.69) is 5.48 Å². The average Bonchev–Trinajstić information content (AvgIpc) is 3.01. The van der Waals surface area contributed by atoms with Gasteiger partial charge in [-0.3, -0.25) is 14.2 Å². The molecule has 1 heterocycles. The monoisotopic (exact) mass is 591 g/mol. The zero-order valence-electron chi connectivity index (χ0n) is 25.1. The lowest BCUT2D eigenvalue weighted by Gasteiger charge is -2.19. The van der Waals surface area contributed by atoms with Crippen molar-refractivity contribution in [3.63, 3.8) is 0 Å². The molecule has 1 atom stereocenters. The lowest BCUT2D eigenvalue weighted by molar-refractivity contribution is -0.137. The van der Waals surface area contributed by atoms with E-state index in [9.17, 15) is 18.4 Å². The second-order valence-corrected chi connectivity index (χ2v) is 9.73. The summed E-state index contributed by atoms with van der Waals surface area (Å²) in [4.78, 5) is 35.1. The van der Waals surface area contributed by atoms with Gasteiger partial charge in [-0.1, -0.05) is 39.0 Å². The third-order valence-corrected chi connectivity index (χ3v) is 6.91. The van der Waals surface area contributed by atoms with E-state index in [1.165, 1.54) is 41.0 Å². The molecule has 0 saturated carbocycles. The van der Waals surface area contributed by atoms with Crippen molar-refractivity contribution in [3.05, 3.63) is 118 Å². The zero-order chi connectivity index (χ0) is 31.4. The number of fused-ring (bicyclic) bond motifs is 1. The van der Waals surface area contributed by atoms with Crippen molar-refractivity contribution in [3.8, 4) is 5.69 Å². The molecule has 0 aliphatic heterocycles. The van der Waals surface area contributed by atoms with E-state index in [-0.39, 0.29) is 23.7 Å². The van der Waals surface area contributed by atoms with E-state index in [1.807, 2.05) is 39.0 Å². The average molecular weight is 592 g/mol. The van der Waals surface area contributed by atoms with E-state index in [4.69, 9.17) is 14.9 Å². The number of nitrogens with zero attached hydrogens (tertiary/aromatic N) is 2. The van der Waals surface area contributed by atoms with Crippen LogP contribution in [0.15, 0.2) is 83.4 Å². The van der Waals surface area contributed by atoms with Crippen LogP contribution in [-0.2, 0) is 22.5 Å². The van der Waals surface area contributed by atoms with Gasteiger partial charge in [0.05, 0.1) is 16.6 Å². The van der Waals surface area contributed by atoms with Gasteiger partial charge in [-0.15, -0.1) is 0 Å². The topological polar surface area (TPSA) is 93.5 Å². The maximum atomic E-state index is 13.6. The lowest BCUT2D eigenvalue weighted by Crippen LogP contribution is -2.24. The van der Waals surface area contributed by atoms with Crippen molar-refractivity contribution in [1.82, 2.24) is 15.0 Å². The second kappa shape index (κ2) is 16.3. The zero-order valence-corrected chi connectivity index (χ0v) is 25.1. The first kappa shape index (κ1) is 33.1. The normalized spacial score (nSPS) is 12.0. The van der Waals surface area contributed by atoms with Crippen LogP contribution in [0.5, 0.6) is 0 Å². The molecular weight excluding hydrogens is 552 g/mol. The van der Waals surface area contributed by atoms with Crippen molar-refractivity contribution >= 4 is 16.9 Å². The summed E-state index contributed by atoms with van der Waals surface area (Å²) in [6.45, 7) is 6.03. The Hall–Kier alpha value is -4.37. The number of hydrogen-bond donors (Lipinski definition) is 2. The number of nitrogens with one attached hydrogen (secondary N) is 1. The van der Waals surface area contributed by atoms with Gasteiger partial charge in [0.1, 0.15) is 23.2 Å². The summed E-state index contributed by atoms with van der Waals surface area (Å²) in [5.41, 5.74) is 5.32. The highest BCUT2D eigenvalue weighted by molar-refractivity contribution is 5.79. The Bertz CT molecular complexity index is 1580. The second-order valence-electron chi connectivity index (χ2n) is 9.73. The largest absolute Gasteiger partial charge is 0.481 e. The fourth-order valence-corrected chi connectivity index (χ4v) is 4.88.